The van der Waals surface area contributed by atoms with Crippen LogP contribution in [0, 0.1) is 11.3 Å². The van der Waals surface area contributed by atoms with Crippen molar-refractivity contribution in [1.29, 1.82) is 5.26 Å². The highest BCUT2D eigenvalue weighted by Gasteiger charge is 2.26. The Hall–Kier alpha value is -1.37. The van der Waals surface area contributed by atoms with Crippen LogP contribution in [0.15, 0.2) is 24.3 Å². The fourth-order valence-corrected chi connectivity index (χ4v) is 3.01. The van der Waals surface area contributed by atoms with Crippen molar-refractivity contribution in [2.24, 2.45) is 0 Å². The van der Waals surface area contributed by atoms with Gasteiger partial charge in [-0.05, 0) is 49.9 Å². The van der Waals surface area contributed by atoms with Crippen LogP contribution < -0.4 is 5.32 Å². The lowest BCUT2D eigenvalue weighted by molar-refractivity contribution is 0.137. The molecule has 3 heteroatoms. The minimum absolute atomic E-state index is 0.681. The monoisotopic (exact) mass is 269 g/mol. The third-order valence-corrected chi connectivity index (χ3v) is 4.44. The van der Waals surface area contributed by atoms with Gasteiger partial charge in [-0.3, -0.25) is 4.90 Å². The summed E-state index contributed by atoms with van der Waals surface area (Å²) in [6.45, 7) is 3.36. The zero-order valence-corrected chi connectivity index (χ0v) is 12.0. The molecule has 0 aromatic heterocycles. The van der Waals surface area contributed by atoms with Crippen LogP contribution in [0.25, 0.3) is 0 Å². The summed E-state index contributed by atoms with van der Waals surface area (Å²) in [6.07, 6.45) is 6.72. The molecule has 1 unspecified atom stereocenters. The van der Waals surface area contributed by atoms with Crippen LogP contribution in [-0.2, 0) is 6.54 Å². The van der Waals surface area contributed by atoms with E-state index in [-0.39, 0.29) is 0 Å². The lowest BCUT2D eigenvalue weighted by Crippen LogP contribution is -2.45. The van der Waals surface area contributed by atoms with E-state index in [1.165, 1.54) is 44.2 Å². The van der Waals surface area contributed by atoms with Gasteiger partial charge in [0.05, 0.1) is 11.6 Å². The second-order valence-corrected chi connectivity index (χ2v) is 6.11. The predicted octanol–water partition coefficient (Wildman–Crippen LogP) is 2.66. The lowest BCUT2D eigenvalue weighted by Gasteiger charge is -2.36. The molecule has 1 aliphatic heterocycles. The van der Waals surface area contributed by atoms with E-state index < -0.39 is 0 Å². The first-order chi connectivity index (χ1) is 9.85. The van der Waals surface area contributed by atoms with Crippen molar-refractivity contribution in [2.75, 3.05) is 13.1 Å². The standard InChI is InChI=1S/C17H23N3/c18-11-14-4-6-15(7-5-14)13-20-10-2-1-3-17(20)12-19-16-8-9-16/h4-7,16-17,19H,1-3,8-10,12-13H2. The molecule has 106 valence electrons. The van der Waals surface area contributed by atoms with Crippen molar-refractivity contribution in [3.8, 4) is 6.07 Å². The lowest BCUT2D eigenvalue weighted by atomic mass is 10.0. The molecule has 0 spiro atoms. The summed E-state index contributed by atoms with van der Waals surface area (Å²) in [7, 11) is 0. The van der Waals surface area contributed by atoms with Gasteiger partial charge in [0.25, 0.3) is 0 Å². The molecule has 20 heavy (non-hydrogen) atoms. The molecule has 1 atom stereocenters. The molecule has 3 nitrogen and oxygen atoms in total. The molecule has 0 radical (unpaired) electrons. The van der Waals surface area contributed by atoms with Gasteiger partial charge in [0.2, 0.25) is 0 Å². The van der Waals surface area contributed by atoms with Crippen LogP contribution in [0.1, 0.15) is 43.2 Å². The Balaban J connectivity index is 1.58. The number of rotatable bonds is 5. The highest BCUT2D eigenvalue weighted by Crippen LogP contribution is 2.22. The Morgan fingerprint density at radius 1 is 1.15 bits per heavy atom. The molecule has 1 aromatic carbocycles. The highest BCUT2D eigenvalue weighted by molar-refractivity contribution is 5.31. The summed E-state index contributed by atoms with van der Waals surface area (Å²) < 4.78 is 0. The van der Waals surface area contributed by atoms with Gasteiger partial charge in [-0.1, -0.05) is 18.6 Å². The molecular weight excluding hydrogens is 246 g/mol. The summed E-state index contributed by atoms with van der Waals surface area (Å²) in [5, 5.41) is 12.5. The van der Waals surface area contributed by atoms with Crippen molar-refractivity contribution >= 4 is 0 Å². The number of piperidine rings is 1. The second-order valence-electron chi connectivity index (χ2n) is 6.11. The van der Waals surface area contributed by atoms with Crippen molar-refractivity contribution in [1.82, 2.24) is 10.2 Å². The van der Waals surface area contributed by atoms with Crippen LogP contribution in [0.4, 0.5) is 0 Å². The molecule has 0 bridgehead atoms. The Morgan fingerprint density at radius 3 is 2.65 bits per heavy atom. The van der Waals surface area contributed by atoms with E-state index >= 15 is 0 Å². The smallest absolute Gasteiger partial charge is 0.0991 e. The van der Waals surface area contributed by atoms with E-state index in [1.807, 2.05) is 12.1 Å². The average molecular weight is 269 g/mol. The van der Waals surface area contributed by atoms with Crippen LogP contribution >= 0.6 is 0 Å². The van der Waals surface area contributed by atoms with Crippen molar-refractivity contribution in [3.63, 3.8) is 0 Å². The normalized spacial score (nSPS) is 23.4. The van der Waals surface area contributed by atoms with Gasteiger partial charge in [-0.2, -0.15) is 5.26 Å². The molecule has 1 N–H and O–H groups in total. The van der Waals surface area contributed by atoms with Gasteiger partial charge < -0.3 is 5.32 Å². The minimum Gasteiger partial charge on any atom is -0.312 e. The van der Waals surface area contributed by atoms with Crippen LogP contribution in [0.5, 0.6) is 0 Å². The maximum absolute atomic E-state index is 8.85. The third-order valence-electron chi connectivity index (χ3n) is 4.44. The van der Waals surface area contributed by atoms with Crippen LogP contribution in [0.2, 0.25) is 0 Å². The fraction of sp³-hybridized carbons (Fsp3) is 0.588. The van der Waals surface area contributed by atoms with Crippen molar-refractivity contribution in [3.05, 3.63) is 35.4 Å². The Bertz CT molecular complexity index is 470. The van der Waals surface area contributed by atoms with Gasteiger partial charge in [-0.15, -0.1) is 0 Å². The first kappa shape index (κ1) is 13.6. The van der Waals surface area contributed by atoms with Crippen LogP contribution in [-0.4, -0.2) is 30.1 Å². The quantitative estimate of drug-likeness (QED) is 0.893. The van der Waals surface area contributed by atoms with E-state index in [2.05, 4.69) is 28.4 Å². The predicted molar refractivity (Wildman–Crippen MR) is 80.2 cm³/mol. The van der Waals surface area contributed by atoms with Crippen LogP contribution in [0.3, 0.4) is 0 Å². The third kappa shape index (κ3) is 3.59. The molecule has 1 aliphatic carbocycles. The zero-order chi connectivity index (χ0) is 13.8. The number of nitriles is 1. The molecule has 2 fully saturated rings. The maximum Gasteiger partial charge on any atom is 0.0991 e. The summed E-state index contributed by atoms with van der Waals surface area (Å²) >= 11 is 0. The summed E-state index contributed by atoms with van der Waals surface area (Å²) in [6, 6.07) is 11.7. The van der Waals surface area contributed by atoms with E-state index in [0.717, 1.165) is 24.7 Å². The topological polar surface area (TPSA) is 39.1 Å². The number of hydrogen-bond donors (Lipinski definition) is 1. The van der Waals surface area contributed by atoms with Gasteiger partial charge in [0, 0.05) is 25.2 Å². The van der Waals surface area contributed by atoms with Crippen molar-refractivity contribution in [2.45, 2.75) is 50.7 Å². The van der Waals surface area contributed by atoms with Crippen molar-refractivity contribution < 1.29 is 0 Å². The first-order valence-corrected chi connectivity index (χ1v) is 7.81. The van der Waals surface area contributed by atoms with E-state index in [1.54, 1.807) is 0 Å². The fourth-order valence-electron chi connectivity index (χ4n) is 3.01. The minimum atomic E-state index is 0.681. The second kappa shape index (κ2) is 6.39. The molecule has 1 saturated carbocycles. The van der Waals surface area contributed by atoms with Gasteiger partial charge >= 0.3 is 0 Å². The Labute approximate surface area is 121 Å². The number of benzene rings is 1. The molecular formula is C17H23N3. The number of nitrogens with one attached hydrogen (secondary N) is 1. The Kier molecular flexibility index (Phi) is 4.34. The van der Waals surface area contributed by atoms with E-state index in [9.17, 15) is 0 Å². The Morgan fingerprint density at radius 2 is 1.95 bits per heavy atom. The van der Waals surface area contributed by atoms with E-state index in [4.69, 9.17) is 5.26 Å². The van der Waals surface area contributed by atoms with Gasteiger partial charge in [0.1, 0.15) is 0 Å². The number of hydrogen-bond acceptors (Lipinski definition) is 3. The molecule has 0 amide bonds. The summed E-state index contributed by atoms with van der Waals surface area (Å²) in [5.74, 6) is 0. The molecule has 1 aromatic rings. The van der Waals surface area contributed by atoms with Gasteiger partial charge in [0.15, 0.2) is 0 Å². The SMILES string of the molecule is N#Cc1ccc(CN2CCCCC2CNC2CC2)cc1. The van der Waals surface area contributed by atoms with Gasteiger partial charge in [-0.25, -0.2) is 0 Å². The molecule has 3 rings (SSSR count). The first-order valence-electron chi connectivity index (χ1n) is 7.81. The largest absolute Gasteiger partial charge is 0.312 e. The summed E-state index contributed by atoms with van der Waals surface area (Å²) in [4.78, 5) is 2.61. The average Bonchev–Trinajstić information content (AvgIpc) is 3.31. The van der Waals surface area contributed by atoms with E-state index in [0.29, 0.717) is 6.04 Å². The molecule has 1 saturated heterocycles. The molecule has 1 heterocycles. The zero-order valence-electron chi connectivity index (χ0n) is 12.0. The number of nitrogens with zero attached hydrogens (tertiary/aromatic N) is 2. The summed E-state index contributed by atoms with van der Waals surface area (Å²) in [5.41, 5.74) is 2.07. The molecule has 2 aliphatic rings. The maximum atomic E-state index is 8.85. The number of likely N-dealkylation sites (tertiary alicyclic amines) is 1. The highest BCUT2D eigenvalue weighted by atomic mass is 15.2.